The molecule has 0 atom stereocenters. The van der Waals surface area contributed by atoms with E-state index in [1.165, 1.54) is 34.4 Å². The molecule has 0 spiro atoms. The molecule has 0 saturated carbocycles. The molecular formula is C21H20ClN3O2S3. The number of piperazine rings is 1. The highest BCUT2D eigenvalue weighted by Gasteiger charge is 2.22. The van der Waals surface area contributed by atoms with Crippen LogP contribution in [-0.2, 0) is 11.2 Å². The molecule has 5 nitrogen and oxygen atoms in total. The van der Waals surface area contributed by atoms with Gasteiger partial charge in [-0.15, -0.1) is 22.7 Å². The number of thioether (sulfide) groups is 1. The highest BCUT2D eigenvalue weighted by molar-refractivity contribution is 8.01. The molecule has 1 aliphatic heterocycles. The molecule has 3 heterocycles. The Morgan fingerprint density at radius 1 is 1.10 bits per heavy atom. The van der Waals surface area contributed by atoms with Crippen molar-refractivity contribution in [3.8, 4) is 0 Å². The number of nitrogens with zero attached hydrogens (tertiary/aromatic N) is 3. The van der Waals surface area contributed by atoms with Crippen molar-refractivity contribution >= 4 is 63.4 Å². The number of carbonyl (C=O) groups is 2. The molecule has 0 bridgehead atoms. The normalized spacial score (nSPS) is 14.2. The summed E-state index contributed by atoms with van der Waals surface area (Å²) in [6, 6.07) is 11.5. The van der Waals surface area contributed by atoms with E-state index in [2.05, 4.69) is 9.88 Å². The summed E-state index contributed by atoms with van der Waals surface area (Å²) in [5.74, 6) is 0.574. The zero-order valence-corrected chi connectivity index (χ0v) is 19.3. The monoisotopic (exact) mass is 477 g/mol. The summed E-state index contributed by atoms with van der Waals surface area (Å²) in [5.41, 5.74) is 1.86. The second kappa shape index (κ2) is 9.96. The van der Waals surface area contributed by atoms with Gasteiger partial charge >= 0.3 is 0 Å². The van der Waals surface area contributed by atoms with Gasteiger partial charge in [-0.05, 0) is 29.6 Å². The third-order valence-corrected chi connectivity index (χ3v) is 8.01. The Morgan fingerprint density at radius 3 is 2.67 bits per heavy atom. The Hall–Kier alpha value is -1.87. The third-order valence-electron chi connectivity index (χ3n) is 4.79. The van der Waals surface area contributed by atoms with Crippen LogP contribution >= 0.6 is 46.0 Å². The van der Waals surface area contributed by atoms with Gasteiger partial charge in [-0.25, -0.2) is 4.98 Å². The number of anilines is 1. The topological polar surface area (TPSA) is 53.5 Å². The van der Waals surface area contributed by atoms with Gasteiger partial charge in [-0.2, -0.15) is 0 Å². The van der Waals surface area contributed by atoms with Gasteiger partial charge in [0, 0.05) is 42.3 Å². The Labute approximate surface area is 192 Å². The van der Waals surface area contributed by atoms with Gasteiger partial charge in [0.15, 0.2) is 10.1 Å². The number of rotatable bonds is 7. The van der Waals surface area contributed by atoms with E-state index in [9.17, 15) is 9.59 Å². The number of Topliss-reactive ketones (excluding diaryl/α,β-unsaturated/α-hetero) is 1. The van der Waals surface area contributed by atoms with Crippen LogP contribution in [0.2, 0.25) is 5.02 Å². The first-order valence-electron chi connectivity index (χ1n) is 9.51. The lowest BCUT2D eigenvalue weighted by Gasteiger charge is -2.36. The number of ketones is 1. The van der Waals surface area contributed by atoms with Gasteiger partial charge in [0.1, 0.15) is 0 Å². The predicted molar refractivity (Wildman–Crippen MR) is 125 cm³/mol. The SMILES string of the molecule is O=C(CSc1nc(CC(=O)N2CCN(c3cccc(Cl)c3)CC2)cs1)c1cccs1. The second-order valence-corrected chi connectivity index (χ2v) is 10.3. The van der Waals surface area contributed by atoms with Crippen molar-refractivity contribution in [3.63, 3.8) is 0 Å². The number of thiazole rings is 1. The van der Waals surface area contributed by atoms with Crippen LogP contribution < -0.4 is 4.90 Å². The Balaban J connectivity index is 1.25. The molecule has 9 heteroatoms. The summed E-state index contributed by atoms with van der Waals surface area (Å²) in [6.07, 6.45) is 0.299. The first-order chi connectivity index (χ1) is 14.6. The number of halogens is 1. The smallest absolute Gasteiger partial charge is 0.228 e. The lowest BCUT2D eigenvalue weighted by Crippen LogP contribution is -2.49. The first-order valence-corrected chi connectivity index (χ1v) is 12.6. The highest BCUT2D eigenvalue weighted by atomic mass is 35.5. The molecule has 1 amide bonds. The van der Waals surface area contributed by atoms with Crippen molar-refractivity contribution in [1.82, 2.24) is 9.88 Å². The fraction of sp³-hybridized carbons (Fsp3) is 0.286. The zero-order chi connectivity index (χ0) is 20.9. The number of thiophene rings is 1. The molecule has 3 aromatic rings. The lowest BCUT2D eigenvalue weighted by molar-refractivity contribution is -0.130. The van der Waals surface area contributed by atoms with Gasteiger partial charge in [-0.1, -0.05) is 35.5 Å². The zero-order valence-electron chi connectivity index (χ0n) is 16.1. The van der Waals surface area contributed by atoms with Gasteiger partial charge in [-0.3, -0.25) is 9.59 Å². The minimum Gasteiger partial charge on any atom is -0.368 e. The molecule has 156 valence electrons. The number of hydrogen-bond donors (Lipinski definition) is 0. The number of aromatic nitrogens is 1. The number of benzene rings is 1. The Kier molecular flexibility index (Phi) is 7.09. The molecular weight excluding hydrogens is 458 g/mol. The van der Waals surface area contributed by atoms with E-state index in [0.717, 1.165) is 38.7 Å². The van der Waals surface area contributed by atoms with E-state index in [0.29, 0.717) is 25.3 Å². The number of carbonyl (C=O) groups excluding carboxylic acids is 2. The first kappa shape index (κ1) is 21.4. The van der Waals surface area contributed by atoms with Crippen LogP contribution in [0.5, 0.6) is 0 Å². The average molecular weight is 478 g/mol. The molecule has 4 rings (SSSR count). The van der Waals surface area contributed by atoms with Crippen molar-refractivity contribution in [2.75, 3.05) is 36.8 Å². The van der Waals surface area contributed by atoms with Gasteiger partial charge < -0.3 is 9.80 Å². The molecule has 0 unspecified atom stereocenters. The molecule has 1 aromatic carbocycles. The second-order valence-electron chi connectivity index (χ2n) is 6.82. The van der Waals surface area contributed by atoms with Crippen LogP contribution in [0.4, 0.5) is 5.69 Å². The maximum Gasteiger partial charge on any atom is 0.228 e. The quantitative estimate of drug-likeness (QED) is 0.364. The Morgan fingerprint density at radius 2 is 1.93 bits per heavy atom. The van der Waals surface area contributed by atoms with Gasteiger partial charge in [0.2, 0.25) is 5.91 Å². The average Bonchev–Trinajstić information content (AvgIpc) is 3.44. The van der Waals surface area contributed by atoms with Gasteiger partial charge in [0.25, 0.3) is 0 Å². The molecule has 30 heavy (non-hydrogen) atoms. The third kappa shape index (κ3) is 5.43. The Bertz CT molecular complexity index is 1010. The van der Waals surface area contributed by atoms with Crippen molar-refractivity contribution in [2.45, 2.75) is 10.8 Å². The summed E-state index contributed by atoms with van der Waals surface area (Å²) in [7, 11) is 0. The van der Waals surface area contributed by atoms with Crippen LogP contribution in [0.15, 0.2) is 51.5 Å². The molecule has 1 fully saturated rings. The van der Waals surface area contributed by atoms with Gasteiger partial charge in [0.05, 0.1) is 22.7 Å². The lowest BCUT2D eigenvalue weighted by atomic mass is 10.2. The van der Waals surface area contributed by atoms with E-state index >= 15 is 0 Å². The molecule has 0 aliphatic carbocycles. The van der Waals surface area contributed by atoms with E-state index < -0.39 is 0 Å². The van der Waals surface area contributed by atoms with Crippen LogP contribution in [0.1, 0.15) is 15.4 Å². The molecule has 0 radical (unpaired) electrons. The van der Waals surface area contributed by atoms with E-state index in [1.807, 2.05) is 52.1 Å². The summed E-state index contributed by atoms with van der Waals surface area (Å²) in [4.78, 5) is 34.2. The van der Waals surface area contributed by atoms with E-state index in [-0.39, 0.29) is 11.7 Å². The standard InChI is InChI=1S/C21H20ClN3O2S3/c22-15-3-1-4-17(11-15)24-6-8-25(9-7-24)20(27)12-16-13-29-21(23-16)30-14-18(26)19-5-2-10-28-19/h1-5,10-11,13H,6-9,12,14H2. The van der Waals surface area contributed by atoms with Crippen molar-refractivity contribution < 1.29 is 9.59 Å². The maximum atomic E-state index is 12.7. The highest BCUT2D eigenvalue weighted by Crippen LogP contribution is 2.25. The number of amides is 1. The number of hydrogen-bond acceptors (Lipinski definition) is 7. The molecule has 1 aliphatic rings. The summed E-state index contributed by atoms with van der Waals surface area (Å²) < 4.78 is 0.827. The van der Waals surface area contributed by atoms with Crippen molar-refractivity contribution in [2.24, 2.45) is 0 Å². The van der Waals surface area contributed by atoms with E-state index in [1.54, 1.807) is 0 Å². The summed E-state index contributed by atoms with van der Waals surface area (Å²) in [6.45, 7) is 2.95. The van der Waals surface area contributed by atoms with E-state index in [4.69, 9.17) is 11.6 Å². The molecule has 0 N–H and O–H groups in total. The predicted octanol–water partition coefficient (Wildman–Crippen LogP) is 4.72. The largest absolute Gasteiger partial charge is 0.368 e. The molecule has 1 saturated heterocycles. The summed E-state index contributed by atoms with van der Waals surface area (Å²) in [5, 5.41) is 4.54. The van der Waals surface area contributed by atoms with Crippen molar-refractivity contribution in [1.29, 1.82) is 0 Å². The van der Waals surface area contributed by atoms with Crippen molar-refractivity contribution in [3.05, 3.63) is 62.8 Å². The minimum absolute atomic E-state index is 0.0947. The minimum atomic E-state index is 0.0947. The summed E-state index contributed by atoms with van der Waals surface area (Å²) >= 11 is 10.5. The van der Waals surface area contributed by atoms with Crippen LogP contribution in [0.25, 0.3) is 0 Å². The fourth-order valence-electron chi connectivity index (χ4n) is 3.23. The van der Waals surface area contributed by atoms with Crippen LogP contribution in [0, 0.1) is 0 Å². The van der Waals surface area contributed by atoms with Crippen LogP contribution in [0.3, 0.4) is 0 Å². The van der Waals surface area contributed by atoms with Crippen LogP contribution in [-0.4, -0.2) is 53.5 Å². The molecule has 2 aromatic heterocycles. The maximum absolute atomic E-state index is 12.7. The fourth-order valence-corrected chi connectivity index (χ4v) is 5.89.